The molecule has 1 heterocycles. The van der Waals surface area contributed by atoms with Crippen LogP contribution in [0.3, 0.4) is 0 Å². The number of rotatable bonds is 10. The van der Waals surface area contributed by atoms with Crippen molar-refractivity contribution in [1.82, 2.24) is 15.8 Å². The van der Waals surface area contributed by atoms with Crippen molar-refractivity contribution in [2.75, 3.05) is 11.9 Å². The summed E-state index contributed by atoms with van der Waals surface area (Å²) in [5, 5.41) is 17.9. The minimum Gasteiger partial charge on any atom is -0.490 e. The minimum absolute atomic E-state index is 0.0589. The number of alkyl halides is 3. The summed E-state index contributed by atoms with van der Waals surface area (Å²) in [4.78, 5) is 39.0. The maximum absolute atomic E-state index is 13.3. The summed E-state index contributed by atoms with van der Waals surface area (Å²) in [6.45, 7) is 7.81. The number of anilines is 1. The summed E-state index contributed by atoms with van der Waals surface area (Å²) in [6.07, 6.45) is -3.56. The molecule has 1 aromatic heterocycles. The van der Waals surface area contributed by atoms with Crippen LogP contribution in [0.1, 0.15) is 54.0 Å². The summed E-state index contributed by atoms with van der Waals surface area (Å²) in [5.41, 5.74) is 13.1. The highest BCUT2D eigenvalue weighted by atomic mass is 19.4. The number of nitrogen functional groups attached to an aromatic ring is 1. The lowest BCUT2D eigenvalue weighted by Crippen LogP contribution is -2.45. The van der Waals surface area contributed by atoms with Crippen molar-refractivity contribution in [1.29, 1.82) is 5.41 Å². The van der Waals surface area contributed by atoms with Gasteiger partial charge >= 0.3 is 12.1 Å². The SMILES string of the molecule is CCOc1cc(C(Nc2ccc(C(=N)N)cc2)C(=O)NNC(=O)c2cccnc2C)ccc1OC(C)C.O=C(O)C(F)(F)F. The van der Waals surface area contributed by atoms with Crippen molar-refractivity contribution in [3.8, 4) is 11.5 Å². The lowest BCUT2D eigenvalue weighted by atomic mass is 10.0. The number of carbonyl (C=O) groups is 3. The number of nitrogens with zero attached hydrogens (tertiary/aromatic N) is 1. The van der Waals surface area contributed by atoms with Gasteiger partial charge in [0.1, 0.15) is 11.9 Å². The lowest BCUT2D eigenvalue weighted by Gasteiger charge is -2.22. The fourth-order valence-corrected chi connectivity index (χ4v) is 3.52. The van der Waals surface area contributed by atoms with Gasteiger partial charge in [0.25, 0.3) is 11.8 Å². The molecular formula is C29H33F3N6O6. The van der Waals surface area contributed by atoms with Crippen LogP contribution < -0.4 is 31.4 Å². The van der Waals surface area contributed by atoms with Crippen molar-refractivity contribution in [2.24, 2.45) is 5.73 Å². The van der Waals surface area contributed by atoms with Crippen LogP contribution in [0, 0.1) is 12.3 Å². The molecule has 0 aliphatic carbocycles. The standard InChI is InChI=1S/C27H32N6O4.C2HF3O2/c1-5-36-23-15-19(10-13-22(23)37-16(2)3)24(31-20-11-8-18(9-12-20)25(28)29)27(35)33-32-26(34)21-7-6-14-30-17(21)4;3-2(4,5)1(6)7/h6-16,24,31H,5H2,1-4H3,(H3,28,29)(H,32,34)(H,33,35);(H,6,7). The van der Waals surface area contributed by atoms with Crippen LogP contribution >= 0.6 is 0 Å². The number of nitrogens with two attached hydrogens (primary N) is 1. The number of carboxylic acids is 1. The molecule has 0 aliphatic rings. The maximum Gasteiger partial charge on any atom is 0.490 e. The molecule has 44 heavy (non-hydrogen) atoms. The third kappa shape index (κ3) is 10.5. The molecule has 0 saturated carbocycles. The molecule has 0 aliphatic heterocycles. The zero-order valence-electron chi connectivity index (χ0n) is 24.3. The van der Waals surface area contributed by atoms with Crippen LogP contribution in [-0.2, 0) is 9.59 Å². The fraction of sp³-hybridized carbons (Fsp3) is 0.276. The van der Waals surface area contributed by atoms with Gasteiger partial charge in [-0.3, -0.25) is 30.8 Å². The van der Waals surface area contributed by atoms with E-state index in [4.69, 9.17) is 30.5 Å². The van der Waals surface area contributed by atoms with Gasteiger partial charge in [-0.15, -0.1) is 0 Å². The Balaban J connectivity index is 0.000000860. The number of hydrogen-bond acceptors (Lipinski definition) is 8. The van der Waals surface area contributed by atoms with E-state index < -0.39 is 30.0 Å². The molecule has 3 aromatic rings. The van der Waals surface area contributed by atoms with Crippen molar-refractivity contribution < 1.29 is 42.1 Å². The summed E-state index contributed by atoms with van der Waals surface area (Å²) < 4.78 is 43.4. The second-order valence-electron chi connectivity index (χ2n) is 9.26. The van der Waals surface area contributed by atoms with E-state index in [0.29, 0.717) is 46.2 Å². The van der Waals surface area contributed by atoms with Crippen molar-refractivity contribution in [2.45, 2.75) is 46.0 Å². The number of hydrazine groups is 1. The predicted molar refractivity (Wildman–Crippen MR) is 155 cm³/mol. The van der Waals surface area contributed by atoms with E-state index in [-0.39, 0.29) is 11.9 Å². The largest absolute Gasteiger partial charge is 0.490 e. The summed E-state index contributed by atoms with van der Waals surface area (Å²) in [5.74, 6) is -2.75. The summed E-state index contributed by atoms with van der Waals surface area (Å²) in [6, 6.07) is 14.4. The van der Waals surface area contributed by atoms with Gasteiger partial charge in [0, 0.05) is 17.4 Å². The Labute approximate surface area is 251 Å². The highest BCUT2D eigenvalue weighted by Crippen LogP contribution is 2.33. The molecule has 0 fully saturated rings. The van der Waals surface area contributed by atoms with Crippen LogP contribution in [0.15, 0.2) is 60.8 Å². The molecule has 12 nitrogen and oxygen atoms in total. The van der Waals surface area contributed by atoms with Gasteiger partial charge in [-0.05, 0) is 81.8 Å². The first kappa shape index (κ1) is 34.9. The highest BCUT2D eigenvalue weighted by Gasteiger charge is 2.38. The Morgan fingerprint density at radius 1 is 1.05 bits per heavy atom. The second kappa shape index (κ2) is 15.8. The van der Waals surface area contributed by atoms with E-state index in [9.17, 15) is 22.8 Å². The Bertz CT molecular complexity index is 1460. The molecule has 0 radical (unpaired) electrons. The van der Waals surface area contributed by atoms with E-state index in [1.807, 2.05) is 20.8 Å². The second-order valence-corrected chi connectivity index (χ2v) is 9.26. The van der Waals surface area contributed by atoms with Crippen molar-refractivity contribution in [3.63, 3.8) is 0 Å². The number of aliphatic carboxylic acids is 1. The smallest absolute Gasteiger partial charge is 0.490 e. The molecule has 2 amide bonds. The van der Waals surface area contributed by atoms with E-state index in [1.54, 1.807) is 67.7 Å². The molecule has 0 saturated heterocycles. The summed E-state index contributed by atoms with van der Waals surface area (Å²) >= 11 is 0. The number of nitrogens with one attached hydrogen (secondary N) is 4. The number of amides is 2. The maximum atomic E-state index is 13.3. The molecule has 0 bridgehead atoms. The number of amidine groups is 1. The Morgan fingerprint density at radius 3 is 2.20 bits per heavy atom. The molecule has 3 rings (SSSR count). The van der Waals surface area contributed by atoms with Gasteiger partial charge in [-0.2, -0.15) is 13.2 Å². The van der Waals surface area contributed by atoms with E-state index in [0.717, 1.165) is 0 Å². The number of carboxylic acid groups (broad SMARTS) is 1. The molecule has 1 unspecified atom stereocenters. The third-order valence-electron chi connectivity index (χ3n) is 5.53. The van der Waals surface area contributed by atoms with E-state index >= 15 is 0 Å². The molecule has 15 heteroatoms. The Hall–Kier alpha value is -5.34. The zero-order chi connectivity index (χ0) is 33.0. The quantitative estimate of drug-likeness (QED) is 0.110. The van der Waals surface area contributed by atoms with Gasteiger partial charge in [0.15, 0.2) is 11.5 Å². The van der Waals surface area contributed by atoms with Crippen LogP contribution in [-0.4, -0.2) is 52.6 Å². The molecule has 7 N–H and O–H groups in total. The Morgan fingerprint density at radius 2 is 1.68 bits per heavy atom. The molecule has 0 spiro atoms. The van der Waals surface area contributed by atoms with Gasteiger partial charge in [0.2, 0.25) is 0 Å². The number of pyridine rings is 1. The normalized spacial score (nSPS) is 11.4. The van der Waals surface area contributed by atoms with Gasteiger partial charge in [-0.25, -0.2) is 4.79 Å². The van der Waals surface area contributed by atoms with Crippen molar-refractivity contribution in [3.05, 3.63) is 83.2 Å². The van der Waals surface area contributed by atoms with Crippen LogP contribution in [0.5, 0.6) is 11.5 Å². The van der Waals surface area contributed by atoms with Crippen LogP contribution in [0.25, 0.3) is 0 Å². The number of carbonyl (C=O) groups excluding carboxylic acids is 2. The molecular weight excluding hydrogens is 585 g/mol. The number of hydrogen-bond donors (Lipinski definition) is 6. The first-order valence-electron chi connectivity index (χ1n) is 13.1. The molecule has 236 valence electrons. The van der Waals surface area contributed by atoms with Crippen molar-refractivity contribution >= 4 is 29.3 Å². The summed E-state index contributed by atoms with van der Waals surface area (Å²) in [7, 11) is 0. The third-order valence-corrected chi connectivity index (χ3v) is 5.53. The topological polar surface area (TPSA) is 189 Å². The number of ether oxygens (including phenoxy) is 2. The van der Waals surface area contributed by atoms with Crippen LogP contribution in [0.4, 0.5) is 18.9 Å². The highest BCUT2D eigenvalue weighted by molar-refractivity contribution is 5.97. The van der Waals surface area contributed by atoms with E-state index in [2.05, 4.69) is 21.2 Å². The first-order valence-corrected chi connectivity index (χ1v) is 13.1. The average molecular weight is 619 g/mol. The van der Waals surface area contributed by atoms with E-state index in [1.165, 1.54) is 0 Å². The van der Waals surface area contributed by atoms with Crippen LogP contribution in [0.2, 0.25) is 0 Å². The van der Waals surface area contributed by atoms with Gasteiger partial charge in [0.05, 0.1) is 24.0 Å². The lowest BCUT2D eigenvalue weighted by molar-refractivity contribution is -0.192. The molecule has 2 aromatic carbocycles. The zero-order valence-corrected chi connectivity index (χ0v) is 24.3. The predicted octanol–water partition coefficient (Wildman–Crippen LogP) is 4.11. The number of benzene rings is 2. The average Bonchev–Trinajstić information content (AvgIpc) is 2.95. The first-order chi connectivity index (χ1) is 20.6. The monoisotopic (exact) mass is 618 g/mol. The fourth-order valence-electron chi connectivity index (χ4n) is 3.52. The number of aromatic nitrogens is 1. The number of halogens is 3. The Kier molecular flexibility index (Phi) is 12.5. The number of aryl methyl sites for hydroxylation is 1. The van der Waals surface area contributed by atoms with Gasteiger partial charge < -0.3 is 25.6 Å². The molecule has 1 atom stereocenters. The minimum atomic E-state index is -5.08. The van der Waals surface area contributed by atoms with Gasteiger partial charge in [-0.1, -0.05) is 6.07 Å².